The molecule has 1 rings (SSSR count). The van der Waals surface area contributed by atoms with Gasteiger partial charge in [-0.2, -0.15) is 0 Å². The third kappa shape index (κ3) is 4.20. The van der Waals surface area contributed by atoms with Crippen LogP contribution >= 0.6 is 0 Å². The van der Waals surface area contributed by atoms with E-state index in [0.717, 1.165) is 31.9 Å². The summed E-state index contributed by atoms with van der Waals surface area (Å²) in [4.78, 5) is 2.40. The second-order valence-electron chi connectivity index (χ2n) is 3.62. The largest absolute Gasteiger partial charge is 0.313 e. The first-order valence-electron chi connectivity index (χ1n) is 4.98. The molecule has 4 heteroatoms. The molecule has 0 spiro atoms. The van der Waals surface area contributed by atoms with Gasteiger partial charge in [0.25, 0.3) is 0 Å². The van der Waals surface area contributed by atoms with Crippen molar-refractivity contribution in [1.82, 2.24) is 10.2 Å². The van der Waals surface area contributed by atoms with Crippen LogP contribution in [0.25, 0.3) is 0 Å². The van der Waals surface area contributed by atoms with Crippen molar-refractivity contribution in [3.8, 4) is 0 Å². The lowest BCUT2D eigenvalue weighted by Gasteiger charge is -2.15. The highest BCUT2D eigenvalue weighted by Crippen LogP contribution is 2.08. The van der Waals surface area contributed by atoms with Crippen molar-refractivity contribution in [2.75, 3.05) is 38.2 Å². The summed E-state index contributed by atoms with van der Waals surface area (Å²) < 4.78 is 10.9. The Bertz CT molecular complexity index is 175. The van der Waals surface area contributed by atoms with Crippen LogP contribution in [0.15, 0.2) is 0 Å². The molecule has 13 heavy (non-hydrogen) atoms. The van der Waals surface area contributed by atoms with Crippen LogP contribution in [0, 0.1) is 0 Å². The Hall–Kier alpha value is 0.0700. The number of nitrogens with one attached hydrogen (secondary N) is 1. The Morgan fingerprint density at radius 2 is 2.38 bits per heavy atom. The first-order valence-corrected chi connectivity index (χ1v) is 6.71. The minimum absolute atomic E-state index is 0.639. The van der Waals surface area contributed by atoms with Gasteiger partial charge in [-0.15, -0.1) is 0 Å². The Morgan fingerprint density at radius 3 is 3.00 bits per heavy atom. The van der Waals surface area contributed by atoms with Crippen molar-refractivity contribution < 1.29 is 4.21 Å². The zero-order valence-electron chi connectivity index (χ0n) is 8.58. The average Bonchev–Trinajstić information content (AvgIpc) is 2.50. The summed E-state index contributed by atoms with van der Waals surface area (Å²) in [6, 6.07) is 0.662. The summed E-state index contributed by atoms with van der Waals surface area (Å²) in [6.07, 6.45) is 3.02. The monoisotopic (exact) mass is 204 g/mol. The van der Waals surface area contributed by atoms with Crippen LogP contribution in [0.3, 0.4) is 0 Å². The molecule has 1 fully saturated rings. The van der Waals surface area contributed by atoms with E-state index in [-0.39, 0.29) is 0 Å². The van der Waals surface area contributed by atoms with Gasteiger partial charge in [-0.05, 0) is 19.5 Å². The molecule has 1 aliphatic heterocycles. The van der Waals surface area contributed by atoms with Gasteiger partial charge in [-0.25, -0.2) is 0 Å². The van der Waals surface area contributed by atoms with Gasteiger partial charge in [-0.1, -0.05) is 6.92 Å². The van der Waals surface area contributed by atoms with Crippen molar-refractivity contribution in [2.45, 2.75) is 19.4 Å². The van der Waals surface area contributed by atoms with Crippen molar-refractivity contribution in [1.29, 1.82) is 0 Å². The van der Waals surface area contributed by atoms with Gasteiger partial charge in [0.1, 0.15) is 0 Å². The van der Waals surface area contributed by atoms with Crippen molar-refractivity contribution >= 4 is 10.8 Å². The molecule has 0 aromatic heterocycles. The van der Waals surface area contributed by atoms with Crippen LogP contribution in [0.4, 0.5) is 0 Å². The Morgan fingerprint density at radius 1 is 1.62 bits per heavy atom. The van der Waals surface area contributed by atoms with Crippen LogP contribution in [0.1, 0.15) is 13.3 Å². The van der Waals surface area contributed by atoms with Crippen LogP contribution in [0.2, 0.25) is 0 Å². The lowest BCUT2D eigenvalue weighted by molar-refractivity contribution is 0.348. The number of likely N-dealkylation sites (tertiary alicyclic amines) is 1. The van der Waals surface area contributed by atoms with E-state index < -0.39 is 10.8 Å². The first-order chi connectivity index (χ1) is 6.22. The van der Waals surface area contributed by atoms with Crippen molar-refractivity contribution in [3.63, 3.8) is 0 Å². The van der Waals surface area contributed by atoms with Crippen molar-refractivity contribution in [2.24, 2.45) is 0 Å². The summed E-state index contributed by atoms with van der Waals surface area (Å²) in [5, 5.41) is 3.44. The van der Waals surface area contributed by atoms with Crippen LogP contribution in [-0.4, -0.2) is 53.3 Å². The van der Waals surface area contributed by atoms with Gasteiger partial charge in [0.2, 0.25) is 0 Å². The zero-order chi connectivity index (χ0) is 9.68. The highest BCUT2D eigenvalue weighted by Gasteiger charge is 2.20. The summed E-state index contributed by atoms with van der Waals surface area (Å²) >= 11 is 0. The molecule has 0 radical (unpaired) electrons. The first kappa shape index (κ1) is 11.1. The number of hydrogen-bond acceptors (Lipinski definition) is 3. The predicted molar refractivity (Wildman–Crippen MR) is 57.5 cm³/mol. The average molecular weight is 204 g/mol. The zero-order valence-corrected chi connectivity index (χ0v) is 9.40. The molecule has 0 aromatic rings. The van der Waals surface area contributed by atoms with Crippen molar-refractivity contribution in [3.05, 3.63) is 0 Å². The minimum atomic E-state index is -0.639. The van der Waals surface area contributed by atoms with E-state index in [9.17, 15) is 4.21 Å². The van der Waals surface area contributed by atoms with Crippen LogP contribution < -0.4 is 5.32 Å². The third-order valence-corrected chi connectivity index (χ3v) is 3.22. The maximum absolute atomic E-state index is 10.9. The Kier molecular flexibility index (Phi) is 4.91. The van der Waals surface area contributed by atoms with Crippen LogP contribution in [0.5, 0.6) is 0 Å². The molecule has 2 unspecified atom stereocenters. The highest BCUT2D eigenvalue weighted by molar-refractivity contribution is 7.84. The van der Waals surface area contributed by atoms with Crippen LogP contribution in [-0.2, 0) is 10.8 Å². The van der Waals surface area contributed by atoms with E-state index in [2.05, 4.69) is 17.1 Å². The maximum atomic E-state index is 10.9. The fourth-order valence-corrected chi connectivity index (χ4v) is 2.26. The van der Waals surface area contributed by atoms with E-state index in [1.54, 1.807) is 6.26 Å². The maximum Gasteiger partial charge on any atom is 0.0359 e. The van der Waals surface area contributed by atoms with E-state index in [1.165, 1.54) is 6.42 Å². The summed E-state index contributed by atoms with van der Waals surface area (Å²) in [5.41, 5.74) is 0. The number of hydrogen-bond donors (Lipinski definition) is 1. The van der Waals surface area contributed by atoms with Gasteiger partial charge in [0.15, 0.2) is 0 Å². The van der Waals surface area contributed by atoms with Gasteiger partial charge in [0.05, 0.1) is 0 Å². The molecule has 0 amide bonds. The van der Waals surface area contributed by atoms with E-state index >= 15 is 0 Å². The molecule has 1 heterocycles. The molecule has 1 aliphatic rings. The Labute approximate surface area is 83.3 Å². The molecule has 1 N–H and O–H groups in total. The fraction of sp³-hybridized carbons (Fsp3) is 1.00. The minimum Gasteiger partial charge on any atom is -0.313 e. The summed E-state index contributed by atoms with van der Waals surface area (Å²) in [6.45, 7) is 6.48. The lowest BCUT2D eigenvalue weighted by Crippen LogP contribution is -2.33. The topological polar surface area (TPSA) is 32.3 Å². The summed E-state index contributed by atoms with van der Waals surface area (Å²) in [5.74, 6) is 0.818. The predicted octanol–water partition coefficient (Wildman–Crippen LogP) is 0.0487. The van der Waals surface area contributed by atoms with E-state index in [0.29, 0.717) is 6.04 Å². The molecule has 0 aliphatic carbocycles. The molecular formula is C9H20N2OS. The molecule has 78 valence electrons. The van der Waals surface area contributed by atoms with Gasteiger partial charge < -0.3 is 10.2 Å². The van der Waals surface area contributed by atoms with E-state index in [4.69, 9.17) is 0 Å². The third-order valence-electron chi connectivity index (χ3n) is 2.46. The summed E-state index contributed by atoms with van der Waals surface area (Å²) in [7, 11) is -0.639. The molecule has 0 aromatic carbocycles. The second kappa shape index (κ2) is 5.73. The molecular weight excluding hydrogens is 184 g/mol. The van der Waals surface area contributed by atoms with Gasteiger partial charge in [-0.3, -0.25) is 4.21 Å². The lowest BCUT2D eigenvalue weighted by atomic mass is 10.3. The molecule has 0 bridgehead atoms. The normalized spacial score (nSPS) is 26.5. The molecule has 0 saturated carbocycles. The Balaban J connectivity index is 2.13. The van der Waals surface area contributed by atoms with E-state index in [1.807, 2.05) is 0 Å². The second-order valence-corrected chi connectivity index (χ2v) is 5.18. The molecule has 3 nitrogen and oxygen atoms in total. The molecule has 2 atom stereocenters. The molecule has 1 saturated heterocycles. The number of rotatable bonds is 5. The standard InChI is InChI=1S/C9H20N2OS/c1-3-10-9-4-5-11(8-9)6-7-13(2)12/h9-10H,3-8H2,1-2H3. The SMILES string of the molecule is CCNC1CCN(CCS(C)=O)C1. The smallest absolute Gasteiger partial charge is 0.0359 e. The quantitative estimate of drug-likeness (QED) is 0.687. The fourth-order valence-electron chi connectivity index (χ4n) is 1.75. The number of likely N-dealkylation sites (N-methyl/N-ethyl adjacent to an activating group) is 1. The highest BCUT2D eigenvalue weighted by atomic mass is 32.2. The number of nitrogens with zero attached hydrogens (tertiary/aromatic N) is 1. The van der Waals surface area contributed by atoms with Gasteiger partial charge >= 0.3 is 0 Å². The van der Waals surface area contributed by atoms with Gasteiger partial charge in [0, 0.05) is 41.9 Å².